The van der Waals surface area contributed by atoms with Gasteiger partial charge in [-0.25, -0.2) is 0 Å². The predicted molar refractivity (Wildman–Crippen MR) is 87.9 cm³/mol. The number of halogens is 1. The van der Waals surface area contributed by atoms with Crippen LogP contribution in [0.15, 0.2) is 40.2 Å². The summed E-state index contributed by atoms with van der Waals surface area (Å²) in [5.41, 5.74) is 7.50. The van der Waals surface area contributed by atoms with Crippen LogP contribution in [0.25, 0.3) is 0 Å². The molecule has 5 heteroatoms. The first-order chi connectivity index (χ1) is 9.49. The Kier molecular flexibility index (Phi) is 4.83. The first kappa shape index (κ1) is 15.1. The molecule has 0 saturated carbocycles. The van der Waals surface area contributed by atoms with Gasteiger partial charge in [-0.3, -0.25) is 4.79 Å². The van der Waals surface area contributed by atoms with Gasteiger partial charge in [-0.1, -0.05) is 12.1 Å². The Labute approximate surface area is 131 Å². The summed E-state index contributed by atoms with van der Waals surface area (Å²) in [6.45, 7) is 4.63. The number of thiophene rings is 1. The fraction of sp³-hybridized carbons (Fsp3) is 0.267. The molecule has 0 fully saturated rings. The minimum Gasteiger partial charge on any atom is -0.399 e. The van der Waals surface area contributed by atoms with E-state index >= 15 is 0 Å². The van der Waals surface area contributed by atoms with Gasteiger partial charge in [0.25, 0.3) is 5.91 Å². The van der Waals surface area contributed by atoms with Crippen LogP contribution >= 0.6 is 27.3 Å². The Morgan fingerprint density at radius 1 is 1.30 bits per heavy atom. The summed E-state index contributed by atoms with van der Waals surface area (Å²) in [5, 5.41) is 1.92. The van der Waals surface area contributed by atoms with Crippen LogP contribution in [0.5, 0.6) is 0 Å². The van der Waals surface area contributed by atoms with Crippen molar-refractivity contribution in [1.29, 1.82) is 0 Å². The van der Waals surface area contributed by atoms with Gasteiger partial charge in [0.2, 0.25) is 0 Å². The Bertz CT molecular complexity index is 592. The lowest BCUT2D eigenvalue weighted by Gasteiger charge is -2.26. The number of nitrogen functional groups attached to an aromatic ring is 1. The normalized spacial score (nSPS) is 10.8. The monoisotopic (exact) mass is 352 g/mol. The summed E-state index contributed by atoms with van der Waals surface area (Å²) < 4.78 is 0.857. The van der Waals surface area contributed by atoms with Gasteiger partial charge in [0, 0.05) is 22.7 Å². The van der Waals surface area contributed by atoms with E-state index in [9.17, 15) is 4.79 Å². The summed E-state index contributed by atoms with van der Waals surface area (Å²) >= 11 is 4.88. The van der Waals surface area contributed by atoms with Crippen LogP contribution in [0, 0.1) is 0 Å². The molecule has 2 aromatic rings. The largest absolute Gasteiger partial charge is 0.399 e. The molecular weight excluding hydrogens is 336 g/mol. The van der Waals surface area contributed by atoms with Crippen molar-refractivity contribution in [3.8, 4) is 0 Å². The van der Waals surface area contributed by atoms with Gasteiger partial charge in [0.05, 0.1) is 0 Å². The molecule has 0 unspecified atom stereocenters. The van der Waals surface area contributed by atoms with Crippen LogP contribution in [0.4, 0.5) is 5.69 Å². The number of amides is 1. The van der Waals surface area contributed by atoms with E-state index < -0.39 is 0 Å². The Morgan fingerprint density at radius 3 is 2.45 bits per heavy atom. The third-order valence-electron chi connectivity index (χ3n) is 3.03. The SMILES string of the molecule is CC(C)N(Cc1ccc(N)cc1)C(=O)c1sccc1Br. The highest BCUT2D eigenvalue weighted by Gasteiger charge is 2.22. The lowest BCUT2D eigenvalue weighted by Crippen LogP contribution is -2.36. The van der Waals surface area contributed by atoms with Crippen molar-refractivity contribution in [2.45, 2.75) is 26.4 Å². The van der Waals surface area contributed by atoms with Gasteiger partial charge in [-0.2, -0.15) is 0 Å². The molecule has 106 valence electrons. The Morgan fingerprint density at radius 2 is 1.95 bits per heavy atom. The molecule has 0 spiro atoms. The molecule has 0 bridgehead atoms. The zero-order chi connectivity index (χ0) is 14.7. The van der Waals surface area contributed by atoms with Crippen LogP contribution in [0.3, 0.4) is 0 Å². The molecular formula is C15H17BrN2OS. The van der Waals surface area contributed by atoms with Crippen molar-refractivity contribution in [3.63, 3.8) is 0 Å². The van der Waals surface area contributed by atoms with Crippen molar-refractivity contribution < 1.29 is 4.79 Å². The predicted octanol–water partition coefficient (Wildman–Crippen LogP) is 4.14. The highest BCUT2D eigenvalue weighted by molar-refractivity contribution is 9.10. The third-order valence-corrected chi connectivity index (χ3v) is 4.85. The second-order valence-electron chi connectivity index (χ2n) is 4.87. The molecule has 3 nitrogen and oxygen atoms in total. The van der Waals surface area contributed by atoms with Crippen molar-refractivity contribution in [2.75, 3.05) is 5.73 Å². The molecule has 0 aliphatic rings. The molecule has 1 amide bonds. The number of hydrogen-bond donors (Lipinski definition) is 1. The third kappa shape index (κ3) is 3.41. The maximum Gasteiger partial charge on any atom is 0.265 e. The van der Waals surface area contributed by atoms with E-state index in [2.05, 4.69) is 15.9 Å². The molecule has 0 aliphatic heterocycles. The minimum atomic E-state index is 0.0544. The number of carbonyl (C=O) groups is 1. The summed E-state index contributed by atoms with van der Waals surface area (Å²) in [5.74, 6) is 0.0544. The van der Waals surface area contributed by atoms with Crippen LogP contribution < -0.4 is 5.73 Å². The van der Waals surface area contributed by atoms with E-state index in [0.717, 1.165) is 20.6 Å². The maximum absolute atomic E-state index is 12.6. The lowest BCUT2D eigenvalue weighted by molar-refractivity contribution is 0.0694. The summed E-state index contributed by atoms with van der Waals surface area (Å²) in [6.07, 6.45) is 0. The average Bonchev–Trinajstić information content (AvgIpc) is 2.83. The lowest BCUT2D eigenvalue weighted by atomic mass is 10.1. The van der Waals surface area contributed by atoms with E-state index in [0.29, 0.717) is 6.54 Å². The summed E-state index contributed by atoms with van der Waals surface area (Å²) in [6, 6.07) is 9.68. The van der Waals surface area contributed by atoms with E-state index in [-0.39, 0.29) is 11.9 Å². The first-order valence-electron chi connectivity index (χ1n) is 6.37. The van der Waals surface area contributed by atoms with Crippen LogP contribution in [-0.2, 0) is 6.54 Å². The molecule has 20 heavy (non-hydrogen) atoms. The van der Waals surface area contributed by atoms with Crippen LogP contribution in [0.2, 0.25) is 0 Å². The van der Waals surface area contributed by atoms with E-state index in [1.165, 1.54) is 11.3 Å². The molecule has 0 aliphatic carbocycles. The quantitative estimate of drug-likeness (QED) is 0.840. The molecule has 1 heterocycles. The zero-order valence-electron chi connectivity index (χ0n) is 11.5. The van der Waals surface area contributed by atoms with Gasteiger partial charge in [0.15, 0.2) is 0 Å². The topological polar surface area (TPSA) is 46.3 Å². The van der Waals surface area contributed by atoms with Crippen molar-refractivity contribution in [1.82, 2.24) is 4.90 Å². The van der Waals surface area contributed by atoms with Crippen LogP contribution in [-0.4, -0.2) is 16.8 Å². The molecule has 2 rings (SSSR count). The molecule has 2 N–H and O–H groups in total. The number of rotatable bonds is 4. The zero-order valence-corrected chi connectivity index (χ0v) is 13.9. The standard InChI is InChI=1S/C15H17BrN2OS/c1-10(2)18(9-11-3-5-12(17)6-4-11)15(19)14-13(16)7-8-20-14/h3-8,10H,9,17H2,1-2H3. The Balaban J connectivity index is 2.21. The molecule has 1 aromatic carbocycles. The summed E-state index contributed by atoms with van der Waals surface area (Å²) in [4.78, 5) is 15.2. The summed E-state index contributed by atoms with van der Waals surface area (Å²) in [7, 11) is 0. The van der Waals surface area contributed by atoms with Gasteiger partial charge >= 0.3 is 0 Å². The Hall–Kier alpha value is -1.33. The second kappa shape index (κ2) is 6.41. The molecule has 0 atom stereocenters. The van der Waals surface area contributed by atoms with E-state index in [4.69, 9.17) is 5.73 Å². The van der Waals surface area contributed by atoms with Crippen molar-refractivity contribution in [3.05, 3.63) is 50.6 Å². The van der Waals surface area contributed by atoms with E-state index in [1.54, 1.807) is 0 Å². The number of nitrogens with zero attached hydrogens (tertiary/aromatic N) is 1. The highest BCUT2D eigenvalue weighted by atomic mass is 79.9. The fourth-order valence-electron chi connectivity index (χ4n) is 1.89. The van der Waals surface area contributed by atoms with E-state index in [1.807, 2.05) is 54.5 Å². The molecule has 0 saturated heterocycles. The fourth-order valence-corrected chi connectivity index (χ4v) is 3.38. The minimum absolute atomic E-state index is 0.0544. The van der Waals surface area contributed by atoms with Gasteiger partial charge in [-0.05, 0) is 58.9 Å². The highest BCUT2D eigenvalue weighted by Crippen LogP contribution is 2.25. The maximum atomic E-state index is 12.6. The molecule has 1 aromatic heterocycles. The molecule has 0 radical (unpaired) electrons. The average molecular weight is 353 g/mol. The van der Waals surface area contributed by atoms with Gasteiger partial charge in [0.1, 0.15) is 4.88 Å². The smallest absolute Gasteiger partial charge is 0.265 e. The van der Waals surface area contributed by atoms with Gasteiger partial charge < -0.3 is 10.6 Å². The number of anilines is 1. The van der Waals surface area contributed by atoms with Crippen molar-refractivity contribution in [2.24, 2.45) is 0 Å². The van der Waals surface area contributed by atoms with Crippen LogP contribution in [0.1, 0.15) is 29.1 Å². The number of carbonyl (C=O) groups excluding carboxylic acids is 1. The van der Waals surface area contributed by atoms with Gasteiger partial charge in [-0.15, -0.1) is 11.3 Å². The first-order valence-corrected chi connectivity index (χ1v) is 8.04. The number of hydrogen-bond acceptors (Lipinski definition) is 3. The number of nitrogens with two attached hydrogens (primary N) is 1. The second-order valence-corrected chi connectivity index (χ2v) is 6.64. The number of benzene rings is 1. The van der Waals surface area contributed by atoms with Crippen molar-refractivity contribution >= 4 is 38.9 Å².